The summed E-state index contributed by atoms with van der Waals surface area (Å²) in [5.74, 6) is 0.749. The Kier molecular flexibility index (Phi) is 2.75. The molecule has 1 fully saturated rings. The van der Waals surface area contributed by atoms with Crippen LogP contribution >= 0.6 is 0 Å². The van der Waals surface area contributed by atoms with Crippen LogP contribution in [0, 0.1) is 16.7 Å². The molecular weight excluding hydrogens is 162 g/mol. The van der Waals surface area contributed by atoms with Crippen molar-refractivity contribution in [3.05, 3.63) is 0 Å². The average molecular weight is 185 g/mol. The van der Waals surface area contributed by atoms with Crippen LogP contribution < -0.4 is 5.32 Å². The Hall–Kier alpha value is -0.0800. The minimum atomic E-state index is -0.232. The maximum Gasteiger partial charge on any atom is 0.0636 e. The third-order valence-corrected chi connectivity index (χ3v) is 4.11. The predicted octanol–water partition coefficient (Wildman–Crippen LogP) is 1.64. The van der Waals surface area contributed by atoms with Gasteiger partial charge in [0.2, 0.25) is 0 Å². The predicted molar refractivity (Wildman–Crippen MR) is 55.6 cm³/mol. The molecule has 13 heavy (non-hydrogen) atoms. The average Bonchev–Trinajstić information content (AvgIpc) is 2.30. The van der Waals surface area contributed by atoms with E-state index in [0.29, 0.717) is 17.4 Å². The number of rotatable bonds is 4. The molecule has 1 aliphatic carbocycles. The van der Waals surface area contributed by atoms with Gasteiger partial charge in [0.1, 0.15) is 0 Å². The Morgan fingerprint density at radius 1 is 1.23 bits per heavy atom. The third kappa shape index (κ3) is 1.89. The van der Waals surface area contributed by atoms with Gasteiger partial charge >= 0.3 is 0 Å². The quantitative estimate of drug-likeness (QED) is 0.698. The van der Waals surface area contributed by atoms with Crippen LogP contribution in [0.2, 0.25) is 0 Å². The van der Waals surface area contributed by atoms with Gasteiger partial charge in [-0.3, -0.25) is 0 Å². The van der Waals surface area contributed by atoms with Gasteiger partial charge in [-0.1, -0.05) is 27.7 Å². The van der Waals surface area contributed by atoms with E-state index in [1.54, 1.807) is 0 Å². The SMILES string of the molecule is CC(O)CNCC1C(C)(C)C1(C)C. The Bertz CT molecular complexity index is 171. The summed E-state index contributed by atoms with van der Waals surface area (Å²) in [5.41, 5.74) is 0.914. The van der Waals surface area contributed by atoms with E-state index in [4.69, 9.17) is 5.11 Å². The van der Waals surface area contributed by atoms with Crippen LogP contribution in [0.3, 0.4) is 0 Å². The third-order valence-electron chi connectivity index (χ3n) is 4.11. The molecule has 0 radical (unpaired) electrons. The molecule has 2 N–H and O–H groups in total. The highest BCUT2D eigenvalue weighted by Crippen LogP contribution is 2.67. The van der Waals surface area contributed by atoms with Crippen molar-refractivity contribution in [1.29, 1.82) is 0 Å². The summed E-state index contributed by atoms with van der Waals surface area (Å²) >= 11 is 0. The van der Waals surface area contributed by atoms with Crippen LogP contribution in [-0.2, 0) is 0 Å². The molecule has 0 amide bonds. The molecule has 0 aromatic rings. The van der Waals surface area contributed by atoms with Gasteiger partial charge in [0.25, 0.3) is 0 Å². The van der Waals surface area contributed by atoms with Crippen LogP contribution in [0.5, 0.6) is 0 Å². The first-order valence-corrected chi connectivity index (χ1v) is 5.19. The van der Waals surface area contributed by atoms with Gasteiger partial charge < -0.3 is 10.4 Å². The van der Waals surface area contributed by atoms with Crippen LogP contribution in [0.25, 0.3) is 0 Å². The lowest BCUT2D eigenvalue weighted by Gasteiger charge is -2.07. The van der Waals surface area contributed by atoms with E-state index in [1.807, 2.05) is 6.92 Å². The molecule has 1 unspecified atom stereocenters. The van der Waals surface area contributed by atoms with Gasteiger partial charge in [0.15, 0.2) is 0 Å². The zero-order valence-corrected chi connectivity index (χ0v) is 9.52. The fraction of sp³-hybridized carbons (Fsp3) is 1.00. The van der Waals surface area contributed by atoms with Crippen molar-refractivity contribution in [2.24, 2.45) is 16.7 Å². The molecule has 2 heteroatoms. The van der Waals surface area contributed by atoms with Crippen molar-refractivity contribution < 1.29 is 5.11 Å². The highest BCUT2D eigenvalue weighted by atomic mass is 16.3. The maximum atomic E-state index is 9.08. The fourth-order valence-corrected chi connectivity index (χ4v) is 2.28. The van der Waals surface area contributed by atoms with Crippen molar-refractivity contribution in [3.8, 4) is 0 Å². The molecule has 0 aromatic carbocycles. The molecule has 2 nitrogen and oxygen atoms in total. The summed E-state index contributed by atoms with van der Waals surface area (Å²) in [6.07, 6.45) is -0.232. The second-order valence-electron chi connectivity index (χ2n) is 5.50. The van der Waals surface area contributed by atoms with E-state index in [2.05, 4.69) is 33.0 Å². The molecule has 1 atom stereocenters. The van der Waals surface area contributed by atoms with E-state index in [9.17, 15) is 0 Å². The fourth-order valence-electron chi connectivity index (χ4n) is 2.28. The lowest BCUT2D eigenvalue weighted by molar-refractivity contribution is 0.190. The molecular formula is C11H23NO. The summed E-state index contributed by atoms with van der Waals surface area (Å²) in [6, 6.07) is 0. The van der Waals surface area contributed by atoms with Crippen LogP contribution in [0.15, 0.2) is 0 Å². The molecule has 0 saturated heterocycles. The van der Waals surface area contributed by atoms with Crippen LogP contribution in [0.4, 0.5) is 0 Å². The topological polar surface area (TPSA) is 32.3 Å². The largest absolute Gasteiger partial charge is 0.392 e. The molecule has 1 rings (SSSR count). The molecule has 1 aliphatic rings. The molecule has 1 saturated carbocycles. The normalized spacial score (nSPS) is 27.2. The minimum absolute atomic E-state index is 0.232. The second-order valence-corrected chi connectivity index (χ2v) is 5.50. The monoisotopic (exact) mass is 185 g/mol. The van der Waals surface area contributed by atoms with Gasteiger partial charge in [-0.05, 0) is 30.2 Å². The lowest BCUT2D eigenvalue weighted by atomic mass is 10.0. The Labute approximate surface area is 81.7 Å². The summed E-state index contributed by atoms with van der Waals surface area (Å²) in [4.78, 5) is 0. The first kappa shape index (κ1) is 11.0. The smallest absolute Gasteiger partial charge is 0.0636 e. The first-order valence-electron chi connectivity index (χ1n) is 5.19. The molecule has 0 bridgehead atoms. The van der Waals surface area contributed by atoms with E-state index in [1.165, 1.54) is 0 Å². The molecule has 0 spiro atoms. The Morgan fingerprint density at radius 2 is 1.69 bits per heavy atom. The number of aliphatic hydroxyl groups excluding tert-OH is 1. The van der Waals surface area contributed by atoms with Crippen molar-refractivity contribution >= 4 is 0 Å². The standard InChI is InChI=1S/C11H23NO/c1-8(13)6-12-7-9-10(2,3)11(9,4)5/h8-9,12-13H,6-7H2,1-5H3. The van der Waals surface area contributed by atoms with Gasteiger partial charge in [0, 0.05) is 6.54 Å². The number of aliphatic hydroxyl groups is 1. The van der Waals surface area contributed by atoms with Gasteiger partial charge in [-0.2, -0.15) is 0 Å². The summed E-state index contributed by atoms with van der Waals surface area (Å²) in [6.45, 7) is 12.8. The van der Waals surface area contributed by atoms with Crippen LogP contribution in [0.1, 0.15) is 34.6 Å². The lowest BCUT2D eigenvalue weighted by Crippen LogP contribution is -2.27. The van der Waals surface area contributed by atoms with Crippen molar-refractivity contribution in [2.75, 3.05) is 13.1 Å². The zero-order chi connectivity index (χ0) is 10.3. The Balaban J connectivity index is 2.26. The van der Waals surface area contributed by atoms with Crippen molar-refractivity contribution in [3.63, 3.8) is 0 Å². The van der Waals surface area contributed by atoms with Gasteiger partial charge in [0.05, 0.1) is 6.10 Å². The molecule has 0 aliphatic heterocycles. The minimum Gasteiger partial charge on any atom is -0.392 e. The van der Waals surface area contributed by atoms with E-state index >= 15 is 0 Å². The summed E-state index contributed by atoms with van der Waals surface area (Å²) < 4.78 is 0. The van der Waals surface area contributed by atoms with Gasteiger partial charge in [-0.15, -0.1) is 0 Å². The van der Waals surface area contributed by atoms with Gasteiger partial charge in [-0.25, -0.2) is 0 Å². The molecule has 78 valence electrons. The number of hydrogen-bond acceptors (Lipinski definition) is 2. The van der Waals surface area contributed by atoms with Crippen molar-refractivity contribution in [2.45, 2.75) is 40.7 Å². The second kappa shape index (κ2) is 3.25. The highest BCUT2D eigenvalue weighted by Gasteiger charge is 2.63. The first-order chi connectivity index (χ1) is 5.80. The zero-order valence-electron chi connectivity index (χ0n) is 9.52. The van der Waals surface area contributed by atoms with E-state index in [0.717, 1.165) is 12.5 Å². The van der Waals surface area contributed by atoms with Crippen molar-refractivity contribution in [1.82, 2.24) is 5.32 Å². The summed E-state index contributed by atoms with van der Waals surface area (Å²) in [7, 11) is 0. The van der Waals surface area contributed by atoms with E-state index in [-0.39, 0.29) is 6.10 Å². The molecule has 0 aromatic heterocycles. The van der Waals surface area contributed by atoms with Crippen LogP contribution in [-0.4, -0.2) is 24.3 Å². The van der Waals surface area contributed by atoms with E-state index < -0.39 is 0 Å². The summed E-state index contributed by atoms with van der Waals surface area (Å²) in [5, 5.41) is 12.4. The Morgan fingerprint density at radius 3 is 2.00 bits per heavy atom. The molecule has 0 heterocycles. The maximum absolute atomic E-state index is 9.08. The number of nitrogens with one attached hydrogen (secondary N) is 1. The number of hydrogen-bond donors (Lipinski definition) is 2. The highest BCUT2D eigenvalue weighted by molar-refractivity contribution is 5.12.